The number of nitrogens with one attached hydrogen (secondary N) is 2. The van der Waals surface area contributed by atoms with Crippen LogP contribution >= 0.6 is 46.9 Å². The first kappa shape index (κ1) is 24.9. The van der Waals surface area contributed by atoms with Crippen molar-refractivity contribution in [2.24, 2.45) is 4.99 Å². The van der Waals surface area contributed by atoms with Gasteiger partial charge in [0.15, 0.2) is 11.1 Å². The molecular formula is C19H30ClIN6S. The monoisotopic (exact) mass is 536 g/mol. The third-order valence-electron chi connectivity index (χ3n) is 4.01. The number of hydrogen-bond acceptors (Lipinski definition) is 5. The highest BCUT2D eigenvalue weighted by Gasteiger charge is 2.14. The summed E-state index contributed by atoms with van der Waals surface area (Å²) in [4.78, 5) is 13.5. The molecule has 2 rings (SSSR count). The minimum atomic E-state index is 0. The third-order valence-corrected chi connectivity index (χ3v) is 5.32. The summed E-state index contributed by atoms with van der Waals surface area (Å²) in [5, 5.41) is 10.5. The topological polar surface area (TPSA) is 55.8 Å². The Morgan fingerprint density at radius 1 is 1.18 bits per heavy atom. The number of thiazole rings is 1. The smallest absolute Gasteiger partial charge is 0.191 e. The molecule has 2 N–H and O–H groups in total. The number of halogens is 2. The molecule has 0 radical (unpaired) electrons. The van der Waals surface area contributed by atoms with Crippen LogP contribution < -0.4 is 15.5 Å². The molecule has 0 spiro atoms. The van der Waals surface area contributed by atoms with E-state index in [0.717, 1.165) is 34.9 Å². The fourth-order valence-corrected chi connectivity index (χ4v) is 3.43. The predicted octanol–water partition coefficient (Wildman–Crippen LogP) is 3.84. The minimum Gasteiger partial charge on any atom is -0.357 e. The highest BCUT2D eigenvalue weighted by Crippen LogP contribution is 2.20. The molecule has 2 aromatic rings. The van der Waals surface area contributed by atoms with Crippen molar-refractivity contribution in [2.45, 2.75) is 19.5 Å². The van der Waals surface area contributed by atoms with Gasteiger partial charge in [-0.1, -0.05) is 23.7 Å². The Morgan fingerprint density at radius 3 is 2.39 bits per heavy atom. The summed E-state index contributed by atoms with van der Waals surface area (Å²) in [6.45, 7) is 4.15. The molecule has 0 fully saturated rings. The van der Waals surface area contributed by atoms with Crippen molar-refractivity contribution in [2.75, 3.05) is 46.2 Å². The zero-order valence-corrected chi connectivity index (χ0v) is 21.0. The van der Waals surface area contributed by atoms with E-state index < -0.39 is 0 Å². The van der Waals surface area contributed by atoms with E-state index in [-0.39, 0.29) is 30.0 Å². The lowest BCUT2D eigenvalue weighted by atomic mass is 10.1. The van der Waals surface area contributed by atoms with Crippen LogP contribution in [0.5, 0.6) is 0 Å². The highest BCUT2D eigenvalue weighted by atomic mass is 127. The van der Waals surface area contributed by atoms with E-state index in [1.165, 1.54) is 5.56 Å². The predicted molar refractivity (Wildman–Crippen MR) is 133 cm³/mol. The lowest BCUT2D eigenvalue weighted by Crippen LogP contribution is -2.41. The summed E-state index contributed by atoms with van der Waals surface area (Å²) in [6.07, 6.45) is 0. The van der Waals surface area contributed by atoms with Crippen LogP contribution in [0.4, 0.5) is 5.13 Å². The van der Waals surface area contributed by atoms with Crippen LogP contribution in [0.1, 0.15) is 24.2 Å². The van der Waals surface area contributed by atoms with Gasteiger partial charge in [-0.3, -0.25) is 0 Å². The van der Waals surface area contributed by atoms with E-state index in [2.05, 4.69) is 64.0 Å². The van der Waals surface area contributed by atoms with Gasteiger partial charge in [0.05, 0.1) is 18.3 Å². The fourth-order valence-electron chi connectivity index (χ4n) is 2.55. The number of likely N-dealkylation sites (N-methyl/N-ethyl adjacent to an activating group) is 1. The summed E-state index contributed by atoms with van der Waals surface area (Å²) in [5.41, 5.74) is 2.19. The summed E-state index contributed by atoms with van der Waals surface area (Å²) in [7, 11) is 8.14. The lowest BCUT2D eigenvalue weighted by molar-refractivity contribution is 0.298. The molecule has 0 bridgehead atoms. The normalized spacial score (nSPS) is 12.5. The molecular weight excluding hydrogens is 507 g/mol. The van der Waals surface area contributed by atoms with Crippen molar-refractivity contribution in [1.82, 2.24) is 20.5 Å². The van der Waals surface area contributed by atoms with E-state index in [4.69, 9.17) is 11.6 Å². The zero-order chi connectivity index (χ0) is 19.8. The van der Waals surface area contributed by atoms with E-state index in [0.29, 0.717) is 6.54 Å². The molecule has 0 saturated heterocycles. The first-order valence-electron chi connectivity index (χ1n) is 8.96. The Hall–Kier alpha value is -1.10. The van der Waals surface area contributed by atoms with Crippen LogP contribution in [0.3, 0.4) is 0 Å². The summed E-state index contributed by atoms with van der Waals surface area (Å²) in [5.74, 6) is 0.790. The van der Waals surface area contributed by atoms with E-state index >= 15 is 0 Å². The number of aliphatic imine (C=N–C) groups is 1. The van der Waals surface area contributed by atoms with Gasteiger partial charge in [-0.05, 0) is 38.7 Å². The summed E-state index contributed by atoms with van der Waals surface area (Å²) < 4.78 is 0. The molecule has 156 valence electrons. The van der Waals surface area contributed by atoms with Crippen molar-refractivity contribution < 1.29 is 0 Å². The first-order valence-corrected chi connectivity index (χ1v) is 10.2. The number of rotatable bonds is 8. The molecule has 28 heavy (non-hydrogen) atoms. The molecule has 0 saturated carbocycles. The molecule has 0 aliphatic carbocycles. The highest BCUT2D eigenvalue weighted by molar-refractivity contribution is 14.0. The van der Waals surface area contributed by atoms with Crippen LogP contribution in [-0.2, 0) is 6.54 Å². The maximum atomic E-state index is 6.02. The van der Waals surface area contributed by atoms with Crippen molar-refractivity contribution in [3.63, 3.8) is 0 Å². The molecule has 1 aromatic heterocycles. The van der Waals surface area contributed by atoms with Gasteiger partial charge in [-0.15, -0.1) is 35.3 Å². The Morgan fingerprint density at radius 2 is 1.86 bits per heavy atom. The van der Waals surface area contributed by atoms with Gasteiger partial charge in [0, 0.05) is 37.6 Å². The number of aromatic nitrogens is 1. The van der Waals surface area contributed by atoms with Crippen molar-refractivity contribution in [3.05, 3.63) is 45.9 Å². The maximum absolute atomic E-state index is 6.02. The SMILES string of the molecule is CCNC(=NCc1csc(N(C)C)n1)NCC(c1ccc(Cl)cc1)N(C)C.I. The van der Waals surface area contributed by atoms with Gasteiger partial charge in [0.25, 0.3) is 0 Å². The largest absolute Gasteiger partial charge is 0.357 e. The second-order valence-electron chi connectivity index (χ2n) is 6.62. The number of guanidine groups is 1. The van der Waals surface area contributed by atoms with Gasteiger partial charge >= 0.3 is 0 Å². The average molecular weight is 537 g/mol. The quantitative estimate of drug-likeness (QED) is 0.305. The van der Waals surface area contributed by atoms with Gasteiger partial charge in [-0.25, -0.2) is 9.98 Å². The second kappa shape index (κ2) is 12.5. The lowest BCUT2D eigenvalue weighted by Gasteiger charge is -2.26. The minimum absolute atomic E-state index is 0. The third kappa shape index (κ3) is 7.73. The molecule has 0 aliphatic rings. The molecule has 9 heteroatoms. The van der Waals surface area contributed by atoms with Gasteiger partial charge in [0.2, 0.25) is 0 Å². The van der Waals surface area contributed by atoms with Gasteiger partial charge in [-0.2, -0.15) is 0 Å². The maximum Gasteiger partial charge on any atom is 0.191 e. The van der Waals surface area contributed by atoms with Crippen molar-refractivity contribution >= 4 is 58.0 Å². The Bertz CT molecular complexity index is 732. The van der Waals surface area contributed by atoms with E-state index in [1.807, 2.05) is 31.1 Å². The molecule has 0 aliphatic heterocycles. The van der Waals surface area contributed by atoms with Crippen molar-refractivity contribution in [3.8, 4) is 0 Å². The molecule has 1 atom stereocenters. The van der Waals surface area contributed by atoms with Crippen LogP contribution in [0.15, 0.2) is 34.6 Å². The number of nitrogens with zero attached hydrogens (tertiary/aromatic N) is 4. The van der Waals surface area contributed by atoms with Crippen LogP contribution in [0, 0.1) is 0 Å². The second-order valence-corrected chi connectivity index (χ2v) is 7.90. The Kier molecular flexibility index (Phi) is 11.1. The van der Waals surface area contributed by atoms with Crippen LogP contribution in [-0.4, -0.2) is 57.1 Å². The number of anilines is 1. The van der Waals surface area contributed by atoms with Crippen LogP contribution in [0.25, 0.3) is 0 Å². The Balaban J connectivity index is 0.00000392. The van der Waals surface area contributed by atoms with Crippen molar-refractivity contribution in [1.29, 1.82) is 0 Å². The number of hydrogen-bond donors (Lipinski definition) is 2. The first-order chi connectivity index (χ1) is 12.9. The van der Waals surface area contributed by atoms with Gasteiger partial charge < -0.3 is 20.4 Å². The molecule has 6 nitrogen and oxygen atoms in total. The van der Waals surface area contributed by atoms with Crippen LogP contribution in [0.2, 0.25) is 5.02 Å². The van der Waals surface area contributed by atoms with E-state index in [1.54, 1.807) is 11.3 Å². The summed E-state index contributed by atoms with van der Waals surface area (Å²) >= 11 is 7.65. The van der Waals surface area contributed by atoms with E-state index in [9.17, 15) is 0 Å². The molecule has 1 aromatic carbocycles. The zero-order valence-electron chi connectivity index (χ0n) is 17.1. The standard InChI is InChI=1S/C19H29ClN6S.HI/c1-6-21-18(22-11-16-13-27-19(24-16)26(4)5)23-12-17(25(2)3)14-7-9-15(20)10-8-14;/h7-10,13,17H,6,11-12H2,1-5H3,(H2,21,22,23);1H. The fraction of sp³-hybridized carbons (Fsp3) is 0.474. The number of benzene rings is 1. The molecule has 0 amide bonds. The average Bonchev–Trinajstić information content (AvgIpc) is 3.10. The molecule has 1 unspecified atom stereocenters. The van der Waals surface area contributed by atoms with Gasteiger partial charge in [0.1, 0.15) is 0 Å². The summed E-state index contributed by atoms with van der Waals surface area (Å²) in [6, 6.07) is 8.20. The molecule has 1 heterocycles. The Labute approximate surface area is 194 Å².